The maximum atomic E-state index is 14.8. The molecule has 2 heteroatoms. The minimum Gasteiger partial charge on any atom is -0.388 e. The Bertz CT molecular complexity index is 553. The highest BCUT2D eigenvalue weighted by Gasteiger charge is 2.27. The lowest BCUT2D eigenvalue weighted by Gasteiger charge is -2.25. The van der Waals surface area contributed by atoms with E-state index in [1.165, 1.54) is 11.1 Å². The maximum Gasteiger partial charge on any atom is 0.133 e. The Morgan fingerprint density at radius 1 is 1.25 bits per heavy atom. The Balaban J connectivity index is 2.54. The second kappa shape index (κ2) is 5.82. The topological polar surface area (TPSA) is 12.0 Å². The molecule has 0 fully saturated rings. The molecule has 1 N–H and O–H groups in total. The highest BCUT2D eigenvalue weighted by molar-refractivity contribution is 5.74. The second-order valence-corrected chi connectivity index (χ2v) is 5.77. The maximum absolute atomic E-state index is 14.8. The fraction of sp³-hybridized carbons (Fsp3) is 0.444. The SMILES string of the molecule is CCC(C)(F)c1ccc(NC)cc1C1=CC=C(C)CC1. The van der Waals surface area contributed by atoms with Gasteiger partial charge in [-0.05, 0) is 61.9 Å². The van der Waals surface area contributed by atoms with Gasteiger partial charge in [-0.1, -0.05) is 30.7 Å². The molecule has 1 aromatic carbocycles. The van der Waals surface area contributed by atoms with Crippen molar-refractivity contribution in [2.24, 2.45) is 0 Å². The predicted molar refractivity (Wildman–Crippen MR) is 85.7 cm³/mol. The molecule has 2 rings (SSSR count). The van der Waals surface area contributed by atoms with Crippen molar-refractivity contribution in [2.75, 3.05) is 12.4 Å². The number of alkyl halides is 1. The van der Waals surface area contributed by atoms with E-state index in [0.29, 0.717) is 6.42 Å². The molecule has 1 nitrogen and oxygen atoms in total. The zero-order valence-electron chi connectivity index (χ0n) is 12.9. The van der Waals surface area contributed by atoms with Crippen LogP contribution in [0.1, 0.15) is 51.2 Å². The van der Waals surface area contributed by atoms with E-state index in [4.69, 9.17) is 0 Å². The average Bonchev–Trinajstić information content (AvgIpc) is 2.47. The summed E-state index contributed by atoms with van der Waals surface area (Å²) in [5.41, 5.74) is 4.23. The van der Waals surface area contributed by atoms with Gasteiger partial charge in [-0.25, -0.2) is 4.39 Å². The van der Waals surface area contributed by atoms with Gasteiger partial charge in [0.1, 0.15) is 5.67 Å². The van der Waals surface area contributed by atoms with E-state index in [-0.39, 0.29) is 0 Å². The zero-order chi connectivity index (χ0) is 14.8. The summed E-state index contributed by atoms with van der Waals surface area (Å²) in [6.07, 6.45) is 6.83. The minimum absolute atomic E-state index is 0.487. The van der Waals surface area contributed by atoms with Gasteiger partial charge in [-0.2, -0.15) is 0 Å². The van der Waals surface area contributed by atoms with Crippen LogP contribution >= 0.6 is 0 Å². The first-order chi connectivity index (χ1) is 9.47. The lowest BCUT2D eigenvalue weighted by atomic mass is 9.84. The number of rotatable bonds is 4. The third kappa shape index (κ3) is 2.95. The average molecular weight is 273 g/mol. The van der Waals surface area contributed by atoms with Gasteiger partial charge in [-0.15, -0.1) is 0 Å². The largest absolute Gasteiger partial charge is 0.388 e. The van der Waals surface area contributed by atoms with Crippen molar-refractivity contribution in [1.82, 2.24) is 0 Å². The molecule has 0 radical (unpaired) electrons. The van der Waals surface area contributed by atoms with Crippen LogP contribution in [0.4, 0.5) is 10.1 Å². The summed E-state index contributed by atoms with van der Waals surface area (Å²) >= 11 is 0. The standard InChI is InChI=1S/C18H24FN/c1-5-18(3,19)17-11-10-15(20-4)12-16(17)14-8-6-13(2)7-9-14/h6,8,10-12,20H,5,7,9H2,1-4H3. The Morgan fingerprint density at radius 3 is 2.55 bits per heavy atom. The predicted octanol–water partition coefficient (Wildman–Crippen LogP) is 5.45. The van der Waals surface area contributed by atoms with Crippen LogP contribution in [-0.4, -0.2) is 7.05 Å². The number of hydrogen-bond donors (Lipinski definition) is 1. The van der Waals surface area contributed by atoms with Crippen molar-refractivity contribution in [3.63, 3.8) is 0 Å². The normalized spacial score (nSPS) is 18.1. The fourth-order valence-electron chi connectivity index (χ4n) is 2.58. The summed E-state index contributed by atoms with van der Waals surface area (Å²) < 4.78 is 14.8. The molecule has 0 saturated heterocycles. The van der Waals surface area contributed by atoms with Crippen LogP contribution in [0.25, 0.3) is 5.57 Å². The van der Waals surface area contributed by atoms with Gasteiger partial charge in [0.2, 0.25) is 0 Å². The van der Waals surface area contributed by atoms with E-state index >= 15 is 0 Å². The minimum atomic E-state index is -1.28. The van der Waals surface area contributed by atoms with Crippen LogP contribution < -0.4 is 5.32 Å². The van der Waals surface area contributed by atoms with Gasteiger partial charge in [0.05, 0.1) is 0 Å². The molecule has 0 saturated carbocycles. The molecule has 20 heavy (non-hydrogen) atoms. The summed E-state index contributed by atoms with van der Waals surface area (Å²) in [5.74, 6) is 0. The molecule has 1 atom stereocenters. The Hall–Kier alpha value is -1.57. The lowest BCUT2D eigenvalue weighted by molar-refractivity contribution is 0.185. The van der Waals surface area contributed by atoms with Crippen molar-refractivity contribution in [1.29, 1.82) is 0 Å². The first kappa shape index (κ1) is 14.8. The van der Waals surface area contributed by atoms with Crippen molar-refractivity contribution in [3.8, 4) is 0 Å². The molecular weight excluding hydrogens is 249 g/mol. The van der Waals surface area contributed by atoms with Crippen molar-refractivity contribution < 1.29 is 4.39 Å². The number of hydrogen-bond acceptors (Lipinski definition) is 1. The summed E-state index contributed by atoms with van der Waals surface area (Å²) in [7, 11) is 1.90. The van der Waals surface area contributed by atoms with Gasteiger partial charge in [0, 0.05) is 12.7 Å². The Labute approximate surface area is 121 Å². The van der Waals surface area contributed by atoms with E-state index < -0.39 is 5.67 Å². The molecule has 0 amide bonds. The van der Waals surface area contributed by atoms with Crippen LogP contribution in [0.3, 0.4) is 0 Å². The third-order valence-corrected chi connectivity index (χ3v) is 4.24. The smallest absolute Gasteiger partial charge is 0.133 e. The highest BCUT2D eigenvalue weighted by Crippen LogP contribution is 2.38. The van der Waals surface area contributed by atoms with Crippen LogP contribution in [0.2, 0.25) is 0 Å². The number of nitrogens with one attached hydrogen (secondary N) is 1. The lowest BCUT2D eigenvalue weighted by Crippen LogP contribution is -2.16. The van der Waals surface area contributed by atoms with Crippen molar-refractivity contribution in [2.45, 2.75) is 45.7 Å². The quantitative estimate of drug-likeness (QED) is 0.769. The molecule has 0 bridgehead atoms. The summed E-state index contributed by atoms with van der Waals surface area (Å²) in [6, 6.07) is 5.95. The molecule has 0 spiro atoms. The Kier molecular flexibility index (Phi) is 4.32. The molecule has 0 aliphatic heterocycles. The number of allylic oxidation sites excluding steroid dienone is 4. The molecular formula is C18H24FN. The first-order valence-electron chi connectivity index (χ1n) is 7.36. The second-order valence-electron chi connectivity index (χ2n) is 5.77. The molecule has 1 aliphatic rings. The van der Waals surface area contributed by atoms with E-state index in [9.17, 15) is 4.39 Å². The molecule has 1 unspecified atom stereocenters. The summed E-state index contributed by atoms with van der Waals surface area (Å²) in [4.78, 5) is 0. The molecule has 1 aromatic rings. The van der Waals surface area contributed by atoms with Gasteiger partial charge in [0.15, 0.2) is 0 Å². The Morgan fingerprint density at radius 2 is 2.00 bits per heavy atom. The van der Waals surface area contributed by atoms with Crippen LogP contribution in [0, 0.1) is 0 Å². The van der Waals surface area contributed by atoms with Crippen LogP contribution in [0.5, 0.6) is 0 Å². The van der Waals surface area contributed by atoms with Gasteiger partial charge >= 0.3 is 0 Å². The summed E-state index contributed by atoms with van der Waals surface area (Å²) in [6.45, 7) is 5.72. The van der Waals surface area contributed by atoms with E-state index in [2.05, 4.69) is 30.5 Å². The van der Waals surface area contributed by atoms with Gasteiger partial charge in [0.25, 0.3) is 0 Å². The van der Waals surface area contributed by atoms with Gasteiger partial charge < -0.3 is 5.32 Å². The summed E-state index contributed by atoms with van der Waals surface area (Å²) in [5, 5.41) is 3.15. The molecule has 108 valence electrons. The molecule has 0 heterocycles. The van der Waals surface area contributed by atoms with Crippen molar-refractivity contribution >= 4 is 11.3 Å². The van der Waals surface area contributed by atoms with Crippen LogP contribution in [-0.2, 0) is 5.67 Å². The van der Waals surface area contributed by atoms with Gasteiger partial charge in [-0.3, -0.25) is 0 Å². The van der Waals surface area contributed by atoms with Crippen molar-refractivity contribution in [3.05, 3.63) is 47.1 Å². The fourth-order valence-corrected chi connectivity index (χ4v) is 2.58. The first-order valence-corrected chi connectivity index (χ1v) is 7.36. The zero-order valence-corrected chi connectivity index (χ0v) is 12.9. The van der Waals surface area contributed by atoms with E-state index in [0.717, 1.165) is 29.7 Å². The van der Waals surface area contributed by atoms with E-state index in [1.807, 2.05) is 26.1 Å². The van der Waals surface area contributed by atoms with E-state index in [1.54, 1.807) is 6.92 Å². The number of anilines is 1. The third-order valence-electron chi connectivity index (χ3n) is 4.24. The number of benzene rings is 1. The highest BCUT2D eigenvalue weighted by atomic mass is 19.1. The monoisotopic (exact) mass is 273 g/mol. The molecule has 1 aliphatic carbocycles. The molecule has 0 aromatic heterocycles. The number of halogens is 1. The van der Waals surface area contributed by atoms with Crippen LogP contribution in [0.15, 0.2) is 35.9 Å².